The lowest BCUT2D eigenvalue weighted by Gasteiger charge is -2.31. The molecule has 1 spiro atoms. The topological polar surface area (TPSA) is 58.6 Å². The molecule has 0 saturated carbocycles. The molecule has 2 rings (SSSR count). The molecule has 102 valence electrons. The predicted molar refractivity (Wildman–Crippen MR) is 70.6 cm³/mol. The second-order valence-electron chi connectivity index (χ2n) is 5.81. The van der Waals surface area contributed by atoms with E-state index >= 15 is 0 Å². The van der Waals surface area contributed by atoms with Gasteiger partial charge in [-0.3, -0.25) is 9.69 Å². The molecule has 2 saturated heterocycles. The number of hydrogen-bond acceptors (Lipinski definition) is 3. The van der Waals surface area contributed by atoms with Crippen LogP contribution in [-0.4, -0.2) is 47.5 Å². The average Bonchev–Trinajstić information content (AvgIpc) is 2.55. The third kappa shape index (κ3) is 2.40. The van der Waals surface area contributed by atoms with Crippen molar-refractivity contribution in [3.8, 4) is 0 Å². The van der Waals surface area contributed by atoms with E-state index in [0.29, 0.717) is 32.6 Å². The maximum Gasteiger partial charge on any atom is 0.325 e. The van der Waals surface area contributed by atoms with Crippen LogP contribution in [0.2, 0.25) is 0 Å². The summed E-state index contributed by atoms with van der Waals surface area (Å²) in [5.74, 6) is -0.0928. The van der Waals surface area contributed by atoms with Crippen molar-refractivity contribution in [1.82, 2.24) is 10.2 Å². The SMILES string of the molecule is CC(C)(CBr)CN1C(=O)NC2(CCOCC2)C1=O. The first-order valence-electron chi connectivity index (χ1n) is 6.18. The summed E-state index contributed by atoms with van der Waals surface area (Å²) in [6.07, 6.45) is 1.14. The molecule has 0 radical (unpaired) electrons. The number of imide groups is 1. The Kier molecular flexibility index (Phi) is 3.69. The zero-order valence-electron chi connectivity index (χ0n) is 10.8. The van der Waals surface area contributed by atoms with Gasteiger partial charge in [0.15, 0.2) is 0 Å². The minimum atomic E-state index is -0.711. The van der Waals surface area contributed by atoms with Gasteiger partial charge in [0.05, 0.1) is 0 Å². The van der Waals surface area contributed by atoms with Gasteiger partial charge in [0.2, 0.25) is 0 Å². The molecule has 2 aliphatic heterocycles. The second-order valence-corrected chi connectivity index (χ2v) is 6.37. The van der Waals surface area contributed by atoms with Gasteiger partial charge in [-0.2, -0.15) is 0 Å². The molecule has 3 amide bonds. The minimum Gasteiger partial charge on any atom is -0.381 e. The molecule has 2 fully saturated rings. The quantitative estimate of drug-likeness (QED) is 0.634. The molecule has 2 aliphatic rings. The first-order chi connectivity index (χ1) is 8.40. The first kappa shape index (κ1) is 13.8. The van der Waals surface area contributed by atoms with E-state index in [-0.39, 0.29) is 17.4 Å². The first-order valence-corrected chi connectivity index (χ1v) is 7.30. The predicted octanol–water partition coefficient (Wildman–Crippen LogP) is 1.51. The number of nitrogens with one attached hydrogen (secondary N) is 1. The number of rotatable bonds is 3. The third-order valence-corrected chi connectivity index (χ3v) is 5.06. The smallest absolute Gasteiger partial charge is 0.325 e. The van der Waals surface area contributed by atoms with Crippen LogP contribution in [0.3, 0.4) is 0 Å². The van der Waals surface area contributed by atoms with Crippen molar-refractivity contribution in [3.63, 3.8) is 0 Å². The highest BCUT2D eigenvalue weighted by Crippen LogP contribution is 2.31. The Morgan fingerprint density at radius 1 is 1.39 bits per heavy atom. The van der Waals surface area contributed by atoms with Gasteiger partial charge in [-0.1, -0.05) is 29.8 Å². The zero-order chi connectivity index (χ0) is 13.4. The summed E-state index contributed by atoms with van der Waals surface area (Å²) in [5.41, 5.74) is -0.832. The molecule has 2 heterocycles. The summed E-state index contributed by atoms with van der Waals surface area (Å²) in [5, 5.41) is 3.60. The Morgan fingerprint density at radius 2 is 2.00 bits per heavy atom. The Bertz CT molecular complexity index is 364. The van der Waals surface area contributed by atoms with E-state index in [2.05, 4.69) is 21.2 Å². The van der Waals surface area contributed by atoms with Gasteiger partial charge in [-0.15, -0.1) is 0 Å². The van der Waals surface area contributed by atoms with Crippen LogP contribution in [0.5, 0.6) is 0 Å². The number of urea groups is 1. The van der Waals surface area contributed by atoms with Crippen molar-refractivity contribution in [2.75, 3.05) is 25.1 Å². The van der Waals surface area contributed by atoms with Crippen molar-refractivity contribution in [2.45, 2.75) is 32.2 Å². The van der Waals surface area contributed by atoms with Gasteiger partial charge in [0.25, 0.3) is 5.91 Å². The lowest BCUT2D eigenvalue weighted by Crippen LogP contribution is -2.51. The van der Waals surface area contributed by atoms with Crippen LogP contribution < -0.4 is 5.32 Å². The van der Waals surface area contributed by atoms with Crippen molar-refractivity contribution >= 4 is 27.9 Å². The van der Waals surface area contributed by atoms with E-state index in [1.165, 1.54) is 4.90 Å². The summed E-state index contributed by atoms with van der Waals surface area (Å²) in [4.78, 5) is 25.8. The highest BCUT2D eigenvalue weighted by atomic mass is 79.9. The monoisotopic (exact) mass is 318 g/mol. The maximum absolute atomic E-state index is 12.5. The lowest BCUT2D eigenvalue weighted by atomic mass is 9.89. The van der Waals surface area contributed by atoms with Crippen LogP contribution in [0.1, 0.15) is 26.7 Å². The van der Waals surface area contributed by atoms with E-state index in [1.807, 2.05) is 13.8 Å². The molecule has 0 aromatic heterocycles. The van der Waals surface area contributed by atoms with Crippen LogP contribution in [0, 0.1) is 5.41 Å². The average molecular weight is 319 g/mol. The Balaban J connectivity index is 2.14. The van der Waals surface area contributed by atoms with Gasteiger partial charge < -0.3 is 10.1 Å². The fourth-order valence-corrected chi connectivity index (χ4v) is 2.53. The molecule has 0 atom stereocenters. The summed E-state index contributed by atoms with van der Waals surface area (Å²) in [7, 11) is 0. The fourth-order valence-electron chi connectivity index (χ4n) is 2.35. The number of amides is 3. The summed E-state index contributed by atoms with van der Waals surface area (Å²) in [6.45, 7) is 5.55. The molecule has 18 heavy (non-hydrogen) atoms. The Morgan fingerprint density at radius 3 is 2.56 bits per heavy atom. The molecule has 6 heteroatoms. The highest BCUT2D eigenvalue weighted by Gasteiger charge is 2.52. The van der Waals surface area contributed by atoms with Crippen molar-refractivity contribution in [2.24, 2.45) is 5.41 Å². The van der Waals surface area contributed by atoms with Gasteiger partial charge in [0.1, 0.15) is 5.54 Å². The van der Waals surface area contributed by atoms with E-state index in [1.54, 1.807) is 0 Å². The molecule has 0 aromatic rings. The number of halogens is 1. The number of ether oxygens (including phenoxy) is 1. The van der Waals surface area contributed by atoms with Crippen LogP contribution in [0.4, 0.5) is 4.79 Å². The molecular weight excluding hydrogens is 300 g/mol. The van der Waals surface area contributed by atoms with Crippen molar-refractivity contribution in [3.05, 3.63) is 0 Å². The van der Waals surface area contributed by atoms with Crippen LogP contribution in [0.25, 0.3) is 0 Å². The zero-order valence-corrected chi connectivity index (χ0v) is 12.4. The summed E-state index contributed by atoms with van der Waals surface area (Å²) in [6, 6.07) is -0.268. The van der Waals surface area contributed by atoms with Crippen molar-refractivity contribution in [1.29, 1.82) is 0 Å². The normalized spacial score (nSPS) is 23.6. The molecule has 0 aliphatic carbocycles. The fraction of sp³-hybridized carbons (Fsp3) is 0.833. The van der Waals surface area contributed by atoms with Crippen LogP contribution in [0.15, 0.2) is 0 Å². The molecule has 1 N–H and O–H groups in total. The Hall–Kier alpha value is -0.620. The molecular formula is C12H19BrN2O3. The van der Waals surface area contributed by atoms with Crippen LogP contribution >= 0.6 is 15.9 Å². The number of carbonyl (C=O) groups is 2. The molecule has 0 unspecified atom stereocenters. The number of carbonyl (C=O) groups excluding carboxylic acids is 2. The number of nitrogens with zero attached hydrogens (tertiary/aromatic N) is 1. The lowest BCUT2D eigenvalue weighted by molar-refractivity contribution is -0.135. The summed E-state index contributed by atoms with van der Waals surface area (Å²) < 4.78 is 5.27. The van der Waals surface area contributed by atoms with E-state index in [9.17, 15) is 9.59 Å². The molecule has 5 nitrogen and oxygen atoms in total. The second kappa shape index (κ2) is 4.81. The molecule has 0 bridgehead atoms. The van der Waals surface area contributed by atoms with E-state index in [4.69, 9.17) is 4.74 Å². The largest absolute Gasteiger partial charge is 0.381 e. The van der Waals surface area contributed by atoms with Gasteiger partial charge in [0, 0.05) is 37.9 Å². The van der Waals surface area contributed by atoms with E-state index in [0.717, 1.165) is 5.33 Å². The summed E-state index contributed by atoms with van der Waals surface area (Å²) >= 11 is 3.42. The standard InChI is InChI=1S/C12H19BrN2O3/c1-11(2,7-13)8-15-9(16)12(14-10(15)17)3-5-18-6-4-12/h3-8H2,1-2H3,(H,14,17). The van der Waals surface area contributed by atoms with Gasteiger partial charge in [-0.05, 0) is 5.41 Å². The highest BCUT2D eigenvalue weighted by molar-refractivity contribution is 9.09. The maximum atomic E-state index is 12.5. The Labute approximate surface area is 115 Å². The third-order valence-electron chi connectivity index (χ3n) is 3.54. The van der Waals surface area contributed by atoms with Crippen LogP contribution in [-0.2, 0) is 9.53 Å². The number of hydrogen-bond donors (Lipinski definition) is 1. The van der Waals surface area contributed by atoms with Gasteiger partial charge in [-0.25, -0.2) is 4.79 Å². The van der Waals surface area contributed by atoms with E-state index < -0.39 is 5.54 Å². The molecule has 0 aromatic carbocycles. The van der Waals surface area contributed by atoms with Gasteiger partial charge >= 0.3 is 6.03 Å². The number of alkyl halides is 1. The minimum absolute atomic E-state index is 0.0928. The van der Waals surface area contributed by atoms with Crippen molar-refractivity contribution < 1.29 is 14.3 Å².